The smallest absolute Gasteiger partial charge is 0.155 e. The lowest BCUT2D eigenvalue weighted by molar-refractivity contribution is 0.586. The first kappa shape index (κ1) is 12.9. The highest BCUT2D eigenvalue weighted by molar-refractivity contribution is 9.10. The standard InChI is InChI=1S/C11H15BrN4S/c1-8(7-17-2)13-3-9-4-15-11-5-14-10(12)6-16(9)11/h4-6,8,13H,3,7H2,1-2H3. The number of aromatic nitrogens is 3. The summed E-state index contributed by atoms with van der Waals surface area (Å²) in [5.41, 5.74) is 2.03. The van der Waals surface area contributed by atoms with Crippen molar-refractivity contribution in [2.24, 2.45) is 0 Å². The van der Waals surface area contributed by atoms with Crippen molar-refractivity contribution in [2.45, 2.75) is 19.5 Å². The SMILES string of the molecule is CSCC(C)NCc1cnc2cnc(Br)cn12. The first-order valence-electron chi connectivity index (χ1n) is 5.40. The molecule has 4 nitrogen and oxygen atoms in total. The van der Waals surface area contributed by atoms with Crippen molar-refractivity contribution in [1.82, 2.24) is 19.7 Å². The number of hydrogen-bond donors (Lipinski definition) is 1. The second kappa shape index (κ2) is 5.84. The molecule has 92 valence electrons. The molecule has 0 spiro atoms. The summed E-state index contributed by atoms with van der Waals surface area (Å²) in [7, 11) is 0. The first-order chi connectivity index (χ1) is 8.20. The Labute approximate surface area is 113 Å². The van der Waals surface area contributed by atoms with Gasteiger partial charge in [0.15, 0.2) is 5.65 Å². The fourth-order valence-corrected chi connectivity index (χ4v) is 2.56. The van der Waals surface area contributed by atoms with Gasteiger partial charge < -0.3 is 5.32 Å². The highest BCUT2D eigenvalue weighted by atomic mass is 79.9. The van der Waals surface area contributed by atoms with Crippen molar-refractivity contribution >= 4 is 33.3 Å². The van der Waals surface area contributed by atoms with Gasteiger partial charge in [-0.15, -0.1) is 0 Å². The van der Waals surface area contributed by atoms with E-state index in [0.29, 0.717) is 6.04 Å². The van der Waals surface area contributed by atoms with Gasteiger partial charge in [0, 0.05) is 24.5 Å². The molecule has 0 bridgehead atoms. The van der Waals surface area contributed by atoms with E-state index in [1.165, 1.54) is 0 Å². The van der Waals surface area contributed by atoms with Gasteiger partial charge in [-0.25, -0.2) is 9.97 Å². The zero-order chi connectivity index (χ0) is 12.3. The molecule has 0 aliphatic rings. The highest BCUT2D eigenvalue weighted by Crippen LogP contribution is 2.10. The number of fused-ring (bicyclic) bond motifs is 1. The van der Waals surface area contributed by atoms with Gasteiger partial charge in [0.25, 0.3) is 0 Å². The van der Waals surface area contributed by atoms with E-state index in [-0.39, 0.29) is 0 Å². The predicted molar refractivity (Wildman–Crippen MR) is 75.4 cm³/mol. The van der Waals surface area contributed by atoms with Gasteiger partial charge in [-0.05, 0) is 29.1 Å². The number of nitrogens with one attached hydrogen (secondary N) is 1. The van der Waals surface area contributed by atoms with Crippen LogP contribution >= 0.6 is 27.7 Å². The van der Waals surface area contributed by atoms with E-state index in [1.54, 1.807) is 6.20 Å². The van der Waals surface area contributed by atoms with E-state index in [2.05, 4.69) is 48.8 Å². The van der Waals surface area contributed by atoms with Crippen molar-refractivity contribution in [1.29, 1.82) is 0 Å². The summed E-state index contributed by atoms with van der Waals surface area (Å²) >= 11 is 5.22. The number of hydrogen-bond acceptors (Lipinski definition) is 4. The van der Waals surface area contributed by atoms with Crippen LogP contribution in [0.1, 0.15) is 12.6 Å². The van der Waals surface area contributed by atoms with E-state index in [0.717, 1.165) is 28.2 Å². The number of thioether (sulfide) groups is 1. The fourth-order valence-electron chi connectivity index (χ4n) is 1.63. The van der Waals surface area contributed by atoms with Crippen LogP contribution < -0.4 is 5.32 Å². The molecule has 0 amide bonds. The molecule has 0 aliphatic heterocycles. The summed E-state index contributed by atoms with van der Waals surface area (Å²) in [5, 5.41) is 3.48. The van der Waals surface area contributed by atoms with E-state index in [9.17, 15) is 0 Å². The van der Waals surface area contributed by atoms with Crippen LogP contribution in [0.2, 0.25) is 0 Å². The van der Waals surface area contributed by atoms with Crippen molar-refractivity contribution in [3.05, 3.63) is 28.9 Å². The molecule has 0 fully saturated rings. The molecule has 0 saturated carbocycles. The van der Waals surface area contributed by atoms with Crippen LogP contribution in [0, 0.1) is 0 Å². The van der Waals surface area contributed by atoms with Crippen LogP contribution in [0.5, 0.6) is 0 Å². The van der Waals surface area contributed by atoms with E-state index >= 15 is 0 Å². The molecule has 2 aromatic rings. The molecule has 0 aliphatic carbocycles. The third-order valence-electron chi connectivity index (χ3n) is 2.49. The van der Waals surface area contributed by atoms with Gasteiger partial charge in [0.1, 0.15) is 4.60 Å². The Morgan fingerprint density at radius 1 is 1.47 bits per heavy atom. The summed E-state index contributed by atoms with van der Waals surface area (Å²) < 4.78 is 2.87. The number of halogens is 1. The summed E-state index contributed by atoms with van der Waals surface area (Å²) in [6.45, 7) is 3.01. The van der Waals surface area contributed by atoms with Gasteiger partial charge in [-0.2, -0.15) is 11.8 Å². The normalized spacial score (nSPS) is 13.1. The van der Waals surface area contributed by atoms with E-state index < -0.39 is 0 Å². The zero-order valence-electron chi connectivity index (χ0n) is 9.85. The second-order valence-corrected chi connectivity index (χ2v) is 5.65. The average Bonchev–Trinajstić information content (AvgIpc) is 2.69. The Hall–Kier alpha value is -0.590. The van der Waals surface area contributed by atoms with Crippen molar-refractivity contribution in [3.8, 4) is 0 Å². The lowest BCUT2D eigenvalue weighted by Gasteiger charge is -2.11. The summed E-state index contributed by atoms with van der Waals surface area (Å²) in [6.07, 6.45) is 7.72. The molecule has 2 aromatic heterocycles. The molecule has 1 atom stereocenters. The van der Waals surface area contributed by atoms with Crippen LogP contribution in [-0.2, 0) is 6.54 Å². The molecule has 1 N–H and O–H groups in total. The van der Waals surface area contributed by atoms with Crippen LogP contribution in [0.25, 0.3) is 5.65 Å². The fraction of sp³-hybridized carbons (Fsp3) is 0.455. The number of rotatable bonds is 5. The highest BCUT2D eigenvalue weighted by Gasteiger charge is 2.06. The molecular formula is C11H15BrN4S. The molecule has 17 heavy (non-hydrogen) atoms. The predicted octanol–water partition coefficient (Wildman–Crippen LogP) is 2.33. The maximum absolute atomic E-state index is 4.32. The maximum atomic E-state index is 4.32. The van der Waals surface area contributed by atoms with Crippen LogP contribution in [0.3, 0.4) is 0 Å². The number of nitrogens with zero attached hydrogens (tertiary/aromatic N) is 3. The van der Waals surface area contributed by atoms with Gasteiger partial charge in [0.2, 0.25) is 0 Å². The molecule has 2 rings (SSSR count). The van der Waals surface area contributed by atoms with Crippen LogP contribution in [-0.4, -0.2) is 32.4 Å². The van der Waals surface area contributed by atoms with Crippen molar-refractivity contribution in [3.63, 3.8) is 0 Å². The quantitative estimate of drug-likeness (QED) is 0.919. The molecule has 0 radical (unpaired) electrons. The van der Waals surface area contributed by atoms with Crippen LogP contribution in [0.15, 0.2) is 23.2 Å². The van der Waals surface area contributed by atoms with Gasteiger partial charge >= 0.3 is 0 Å². The van der Waals surface area contributed by atoms with Gasteiger partial charge in [-0.3, -0.25) is 4.40 Å². The summed E-state index contributed by atoms with van der Waals surface area (Å²) in [6, 6.07) is 0.501. The average molecular weight is 315 g/mol. The molecular weight excluding hydrogens is 300 g/mol. The topological polar surface area (TPSA) is 42.2 Å². The maximum Gasteiger partial charge on any atom is 0.155 e. The zero-order valence-corrected chi connectivity index (χ0v) is 12.3. The monoisotopic (exact) mass is 314 g/mol. The van der Waals surface area contributed by atoms with Gasteiger partial charge in [0.05, 0.1) is 18.1 Å². The minimum atomic E-state index is 0.501. The molecule has 1 unspecified atom stereocenters. The Balaban J connectivity index is 2.10. The molecule has 2 heterocycles. The largest absolute Gasteiger partial charge is 0.308 e. The van der Waals surface area contributed by atoms with Crippen molar-refractivity contribution < 1.29 is 0 Å². The lowest BCUT2D eigenvalue weighted by Crippen LogP contribution is -2.28. The minimum absolute atomic E-state index is 0.501. The second-order valence-electron chi connectivity index (χ2n) is 3.93. The Kier molecular flexibility index (Phi) is 4.42. The summed E-state index contributed by atoms with van der Waals surface area (Å²) in [5.74, 6) is 1.11. The van der Waals surface area contributed by atoms with Gasteiger partial charge in [-0.1, -0.05) is 0 Å². The molecule has 6 heteroatoms. The van der Waals surface area contributed by atoms with Crippen LogP contribution in [0.4, 0.5) is 0 Å². The van der Waals surface area contributed by atoms with E-state index in [4.69, 9.17) is 0 Å². The Morgan fingerprint density at radius 3 is 3.06 bits per heavy atom. The Morgan fingerprint density at radius 2 is 2.29 bits per heavy atom. The third kappa shape index (κ3) is 3.20. The molecule has 0 saturated heterocycles. The summed E-state index contributed by atoms with van der Waals surface area (Å²) in [4.78, 5) is 8.47. The van der Waals surface area contributed by atoms with E-state index in [1.807, 2.05) is 24.2 Å². The lowest BCUT2D eigenvalue weighted by atomic mass is 10.3. The third-order valence-corrected chi connectivity index (χ3v) is 3.73. The Bertz CT molecular complexity index is 499. The number of imidazole rings is 1. The minimum Gasteiger partial charge on any atom is -0.308 e. The first-order valence-corrected chi connectivity index (χ1v) is 7.59. The molecule has 0 aromatic carbocycles. The van der Waals surface area contributed by atoms with Crippen molar-refractivity contribution in [2.75, 3.05) is 12.0 Å².